The van der Waals surface area contributed by atoms with E-state index in [1.54, 1.807) is 18.2 Å². The molecule has 0 unspecified atom stereocenters. The minimum Gasteiger partial charge on any atom is -0.482 e. The Bertz CT molecular complexity index is 1180. The average Bonchev–Trinajstić information content (AvgIpc) is 2.74. The van der Waals surface area contributed by atoms with Gasteiger partial charge in [0.25, 0.3) is 15.9 Å². The summed E-state index contributed by atoms with van der Waals surface area (Å²) in [5, 5.41) is 2.87. The Kier molecular flexibility index (Phi) is 7.48. The summed E-state index contributed by atoms with van der Waals surface area (Å²) >= 11 is 7.72. The molecule has 3 aromatic rings. The zero-order valence-corrected chi connectivity index (χ0v) is 19.3. The molecule has 6 nitrogen and oxygen atoms in total. The Morgan fingerprint density at radius 1 is 1.06 bits per heavy atom. The summed E-state index contributed by atoms with van der Waals surface area (Å²) in [4.78, 5) is 13.1. The second-order valence-electron chi connectivity index (χ2n) is 6.60. The van der Waals surface area contributed by atoms with Crippen LogP contribution in [-0.4, -0.2) is 27.2 Å². The van der Waals surface area contributed by atoms with Gasteiger partial charge in [-0.25, -0.2) is 8.42 Å². The van der Waals surface area contributed by atoms with Crippen molar-refractivity contribution in [3.05, 3.63) is 77.3 Å². The molecule has 1 amide bonds. The standard InChI is InChI=1S/C22H21ClN2O4S2/c1-15-7-9-16(10-8-15)25-31(27,28)17-11-12-20(18(23)13-17)29-14-22(26)24-19-5-3-4-6-21(19)30-2/h3-13,25H,14H2,1-2H3,(H,24,26). The van der Waals surface area contributed by atoms with Gasteiger partial charge in [-0.15, -0.1) is 11.8 Å². The summed E-state index contributed by atoms with van der Waals surface area (Å²) in [6.45, 7) is 1.65. The van der Waals surface area contributed by atoms with Crippen molar-refractivity contribution < 1.29 is 17.9 Å². The maximum absolute atomic E-state index is 12.6. The van der Waals surface area contributed by atoms with Gasteiger partial charge in [0.15, 0.2) is 6.61 Å². The molecule has 0 saturated heterocycles. The van der Waals surface area contributed by atoms with Crippen LogP contribution in [0.1, 0.15) is 5.56 Å². The summed E-state index contributed by atoms with van der Waals surface area (Å²) < 4.78 is 33.2. The molecular weight excluding hydrogens is 456 g/mol. The van der Waals surface area contributed by atoms with Crippen molar-refractivity contribution in [1.29, 1.82) is 0 Å². The first kappa shape index (κ1) is 23.0. The van der Waals surface area contributed by atoms with E-state index < -0.39 is 10.0 Å². The molecule has 31 heavy (non-hydrogen) atoms. The van der Waals surface area contributed by atoms with E-state index in [1.807, 2.05) is 43.5 Å². The number of hydrogen-bond acceptors (Lipinski definition) is 5. The molecule has 0 aliphatic carbocycles. The Morgan fingerprint density at radius 2 is 1.77 bits per heavy atom. The van der Waals surface area contributed by atoms with Gasteiger partial charge in [0.2, 0.25) is 0 Å². The van der Waals surface area contributed by atoms with E-state index in [2.05, 4.69) is 10.0 Å². The van der Waals surface area contributed by atoms with E-state index in [0.29, 0.717) is 11.4 Å². The minimum absolute atomic E-state index is 0.0104. The molecule has 0 fully saturated rings. The molecule has 3 aromatic carbocycles. The summed E-state index contributed by atoms with van der Waals surface area (Å²) in [7, 11) is -3.82. The van der Waals surface area contributed by atoms with Gasteiger partial charge in [0, 0.05) is 10.6 Å². The smallest absolute Gasteiger partial charge is 0.262 e. The number of benzene rings is 3. The lowest BCUT2D eigenvalue weighted by atomic mass is 10.2. The van der Waals surface area contributed by atoms with Gasteiger partial charge in [-0.3, -0.25) is 9.52 Å². The van der Waals surface area contributed by atoms with E-state index in [-0.39, 0.29) is 28.2 Å². The molecule has 0 aliphatic heterocycles. The molecule has 2 N–H and O–H groups in total. The number of rotatable bonds is 8. The summed E-state index contributed by atoms with van der Waals surface area (Å²) in [6, 6.07) is 18.5. The van der Waals surface area contributed by atoms with Gasteiger partial charge in [-0.2, -0.15) is 0 Å². The largest absolute Gasteiger partial charge is 0.482 e. The Hall–Kier alpha value is -2.68. The van der Waals surface area contributed by atoms with E-state index in [0.717, 1.165) is 10.5 Å². The monoisotopic (exact) mass is 476 g/mol. The number of carbonyl (C=O) groups excluding carboxylic acids is 1. The number of carbonyl (C=O) groups is 1. The molecule has 0 atom stereocenters. The molecule has 0 aliphatic rings. The molecule has 0 bridgehead atoms. The van der Waals surface area contributed by atoms with Crippen LogP contribution < -0.4 is 14.8 Å². The zero-order valence-electron chi connectivity index (χ0n) is 16.9. The van der Waals surface area contributed by atoms with Crippen molar-refractivity contribution in [2.45, 2.75) is 16.7 Å². The van der Waals surface area contributed by atoms with Gasteiger partial charge >= 0.3 is 0 Å². The quantitative estimate of drug-likeness (QED) is 0.437. The number of amides is 1. The molecule has 0 aromatic heterocycles. The average molecular weight is 477 g/mol. The number of hydrogen-bond donors (Lipinski definition) is 2. The van der Waals surface area contributed by atoms with Gasteiger partial charge in [-0.05, 0) is 55.6 Å². The van der Waals surface area contributed by atoms with E-state index in [4.69, 9.17) is 16.3 Å². The van der Waals surface area contributed by atoms with Crippen LogP contribution in [0, 0.1) is 6.92 Å². The Morgan fingerprint density at radius 3 is 2.45 bits per heavy atom. The molecule has 0 radical (unpaired) electrons. The van der Waals surface area contributed by atoms with Crippen LogP contribution in [0.4, 0.5) is 11.4 Å². The van der Waals surface area contributed by atoms with Gasteiger partial charge < -0.3 is 10.1 Å². The number of para-hydroxylation sites is 1. The number of anilines is 2. The normalized spacial score (nSPS) is 11.1. The highest BCUT2D eigenvalue weighted by Gasteiger charge is 2.17. The SMILES string of the molecule is CSc1ccccc1NC(=O)COc1ccc(S(=O)(=O)Nc2ccc(C)cc2)cc1Cl. The van der Waals surface area contributed by atoms with Crippen molar-refractivity contribution >= 4 is 50.7 Å². The summed E-state index contributed by atoms with van der Waals surface area (Å²) in [5.41, 5.74) is 2.16. The first-order valence-corrected chi connectivity index (χ1v) is 12.3. The molecule has 162 valence electrons. The predicted octanol–water partition coefficient (Wildman–Crippen LogP) is 5.19. The van der Waals surface area contributed by atoms with E-state index in [1.165, 1.54) is 30.0 Å². The third kappa shape index (κ3) is 6.16. The predicted molar refractivity (Wildman–Crippen MR) is 126 cm³/mol. The lowest BCUT2D eigenvalue weighted by Crippen LogP contribution is -2.20. The maximum atomic E-state index is 12.6. The number of ether oxygens (including phenoxy) is 1. The number of sulfonamides is 1. The highest BCUT2D eigenvalue weighted by Crippen LogP contribution is 2.29. The van der Waals surface area contributed by atoms with Crippen LogP contribution in [0.15, 0.2) is 76.5 Å². The number of aryl methyl sites for hydroxylation is 1. The van der Waals surface area contributed by atoms with Crippen LogP contribution in [0.2, 0.25) is 5.02 Å². The Balaban J connectivity index is 1.65. The van der Waals surface area contributed by atoms with E-state index in [9.17, 15) is 13.2 Å². The Labute approximate surface area is 191 Å². The van der Waals surface area contributed by atoms with Crippen molar-refractivity contribution in [1.82, 2.24) is 0 Å². The fourth-order valence-corrected chi connectivity index (χ4v) is 4.62. The lowest BCUT2D eigenvalue weighted by molar-refractivity contribution is -0.118. The molecule has 3 rings (SSSR count). The van der Waals surface area contributed by atoms with Crippen molar-refractivity contribution in [2.24, 2.45) is 0 Å². The third-order valence-corrected chi connectivity index (χ3v) is 6.73. The van der Waals surface area contributed by atoms with Gasteiger partial charge in [0.05, 0.1) is 15.6 Å². The number of thioether (sulfide) groups is 1. The zero-order chi connectivity index (χ0) is 22.4. The summed E-state index contributed by atoms with van der Waals surface area (Å²) in [5.74, 6) is -0.139. The highest BCUT2D eigenvalue weighted by atomic mass is 35.5. The third-order valence-electron chi connectivity index (χ3n) is 4.26. The van der Waals surface area contributed by atoms with Gasteiger partial charge in [-0.1, -0.05) is 41.4 Å². The van der Waals surface area contributed by atoms with Crippen LogP contribution in [0.5, 0.6) is 5.75 Å². The summed E-state index contributed by atoms with van der Waals surface area (Å²) in [6.07, 6.45) is 1.92. The maximum Gasteiger partial charge on any atom is 0.262 e. The van der Waals surface area contributed by atoms with Crippen molar-refractivity contribution in [3.63, 3.8) is 0 Å². The molecule has 9 heteroatoms. The van der Waals surface area contributed by atoms with Crippen LogP contribution in [0.25, 0.3) is 0 Å². The molecule has 0 heterocycles. The highest BCUT2D eigenvalue weighted by molar-refractivity contribution is 7.98. The fourth-order valence-electron chi connectivity index (χ4n) is 2.68. The van der Waals surface area contributed by atoms with Crippen LogP contribution >= 0.6 is 23.4 Å². The second kappa shape index (κ2) is 10.1. The first-order valence-electron chi connectivity index (χ1n) is 9.23. The topological polar surface area (TPSA) is 84.5 Å². The van der Waals surface area contributed by atoms with Crippen LogP contribution in [-0.2, 0) is 14.8 Å². The fraction of sp³-hybridized carbons (Fsp3) is 0.136. The van der Waals surface area contributed by atoms with E-state index >= 15 is 0 Å². The molecule has 0 saturated carbocycles. The molecule has 0 spiro atoms. The first-order chi connectivity index (χ1) is 14.8. The van der Waals surface area contributed by atoms with Crippen molar-refractivity contribution in [3.8, 4) is 5.75 Å². The van der Waals surface area contributed by atoms with Gasteiger partial charge in [0.1, 0.15) is 5.75 Å². The van der Waals surface area contributed by atoms with Crippen LogP contribution in [0.3, 0.4) is 0 Å². The molecular formula is C22H21ClN2O4S2. The number of halogens is 1. The second-order valence-corrected chi connectivity index (χ2v) is 9.54. The lowest BCUT2D eigenvalue weighted by Gasteiger charge is -2.12. The van der Waals surface area contributed by atoms with Crippen molar-refractivity contribution in [2.75, 3.05) is 22.9 Å². The number of nitrogens with one attached hydrogen (secondary N) is 2. The minimum atomic E-state index is -3.82.